The number of amides is 2. The molecule has 0 spiro atoms. The molecule has 1 rings (SSSR count). The first-order valence-corrected chi connectivity index (χ1v) is 6.21. The second-order valence-electron chi connectivity index (χ2n) is 4.66. The Bertz CT molecular complexity index is 354. The van der Waals surface area contributed by atoms with Gasteiger partial charge in [-0.1, -0.05) is 0 Å². The zero-order chi connectivity index (χ0) is 15.3. The van der Waals surface area contributed by atoms with E-state index in [1.165, 1.54) is 0 Å². The number of aliphatic carboxylic acids is 1. The van der Waals surface area contributed by atoms with Gasteiger partial charge in [-0.05, 0) is 12.8 Å². The number of urea groups is 1. The smallest absolute Gasteiger partial charge is 0.391 e. The van der Waals surface area contributed by atoms with Crippen LogP contribution in [0.5, 0.6) is 0 Å². The Morgan fingerprint density at radius 3 is 2.25 bits per heavy atom. The Morgan fingerprint density at radius 2 is 1.85 bits per heavy atom. The van der Waals surface area contributed by atoms with Crippen molar-refractivity contribution in [3.05, 3.63) is 0 Å². The van der Waals surface area contributed by atoms with Crippen molar-refractivity contribution in [2.45, 2.75) is 31.5 Å². The van der Waals surface area contributed by atoms with Gasteiger partial charge in [0.05, 0.1) is 5.92 Å². The molecule has 116 valence electrons. The molecule has 3 N–H and O–H groups in total. The highest BCUT2D eigenvalue weighted by Crippen LogP contribution is 2.34. The molecule has 0 bridgehead atoms. The number of likely N-dealkylation sites (tertiary alicyclic amines) is 1. The second kappa shape index (κ2) is 6.78. The van der Waals surface area contributed by atoms with Crippen LogP contribution in [0, 0.1) is 5.92 Å². The number of carbonyl (C=O) groups excluding carboxylic acids is 1. The summed E-state index contributed by atoms with van der Waals surface area (Å²) in [6.07, 6.45) is -4.79. The molecule has 0 saturated carbocycles. The molecule has 0 radical (unpaired) electrons. The SMILES string of the molecule is O=C(O)[C@H](CCO)NC(=O)N1CCC(C(F)(F)F)CC1. The zero-order valence-electron chi connectivity index (χ0n) is 10.7. The number of alkyl halides is 3. The molecule has 0 aliphatic carbocycles. The molecule has 2 amide bonds. The molecule has 0 unspecified atom stereocenters. The van der Waals surface area contributed by atoms with Gasteiger partial charge in [-0.2, -0.15) is 13.2 Å². The summed E-state index contributed by atoms with van der Waals surface area (Å²) >= 11 is 0. The van der Waals surface area contributed by atoms with Gasteiger partial charge in [-0.15, -0.1) is 0 Å². The number of halogens is 3. The van der Waals surface area contributed by atoms with Crippen LogP contribution in [0.15, 0.2) is 0 Å². The Hall–Kier alpha value is -1.51. The largest absolute Gasteiger partial charge is 0.480 e. The van der Waals surface area contributed by atoms with Crippen LogP contribution in [0.2, 0.25) is 0 Å². The molecule has 1 saturated heterocycles. The summed E-state index contributed by atoms with van der Waals surface area (Å²) in [6.45, 7) is -0.545. The van der Waals surface area contributed by atoms with Crippen molar-refractivity contribution in [3.8, 4) is 0 Å². The van der Waals surface area contributed by atoms with Crippen LogP contribution in [0.3, 0.4) is 0 Å². The fourth-order valence-electron chi connectivity index (χ4n) is 2.04. The topological polar surface area (TPSA) is 89.9 Å². The van der Waals surface area contributed by atoms with E-state index in [0.29, 0.717) is 0 Å². The molecule has 0 aromatic rings. The van der Waals surface area contributed by atoms with Crippen molar-refractivity contribution in [1.29, 1.82) is 0 Å². The summed E-state index contributed by atoms with van der Waals surface area (Å²) in [6, 6.07) is -1.96. The van der Waals surface area contributed by atoms with Crippen molar-refractivity contribution < 1.29 is 33.0 Å². The lowest BCUT2D eigenvalue weighted by molar-refractivity contribution is -0.183. The molecule has 9 heteroatoms. The fourth-order valence-corrected chi connectivity index (χ4v) is 2.04. The number of rotatable bonds is 4. The van der Waals surface area contributed by atoms with E-state index in [0.717, 1.165) is 4.90 Å². The Kier molecular flexibility index (Phi) is 5.61. The number of aliphatic hydroxyl groups excluding tert-OH is 1. The first kappa shape index (κ1) is 16.5. The third-order valence-electron chi connectivity index (χ3n) is 3.26. The summed E-state index contributed by atoms with van der Waals surface area (Å²) in [7, 11) is 0. The number of nitrogens with zero attached hydrogens (tertiary/aromatic N) is 1. The van der Waals surface area contributed by atoms with Crippen LogP contribution in [0.4, 0.5) is 18.0 Å². The van der Waals surface area contributed by atoms with Gasteiger partial charge in [0.1, 0.15) is 6.04 Å². The van der Waals surface area contributed by atoms with Crippen molar-refractivity contribution >= 4 is 12.0 Å². The maximum absolute atomic E-state index is 12.5. The standard InChI is InChI=1S/C11H17F3N2O4/c12-11(13,14)7-1-4-16(5-2-7)10(20)15-8(3-6-17)9(18)19/h7-8,17H,1-6H2,(H,15,20)(H,18,19)/t8-/m0/s1. The van der Waals surface area contributed by atoms with Gasteiger partial charge in [0.25, 0.3) is 0 Å². The number of piperidine rings is 1. The van der Waals surface area contributed by atoms with Crippen LogP contribution in [0.1, 0.15) is 19.3 Å². The van der Waals surface area contributed by atoms with Crippen LogP contribution >= 0.6 is 0 Å². The van der Waals surface area contributed by atoms with E-state index in [1.54, 1.807) is 0 Å². The molecule has 20 heavy (non-hydrogen) atoms. The first-order chi connectivity index (χ1) is 9.25. The number of nitrogens with one attached hydrogen (secondary N) is 1. The van der Waals surface area contributed by atoms with E-state index >= 15 is 0 Å². The van der Waals surface area contributed by atoms with Gasteiger partial charge in [-0.3, -0.25) is 0 Å². The fraction of sp³-hybridized carbons (Fsp3) is 0.818. The molecule has 1 heterocycles. The molecule has 1 aliphatic rings. The Labute approximate surface area is 113 Å². The van der Waals surface area contributed by atoms with Crippen LogP contribution in [0.25, 0.3) is 0 Å². The van der Waals surface area contributed by atoms with Gasteiger partial charge >= 0.3 is 18.2 Å². The van der Waals surface area contributed by atoms with E-state index in [2.05, 4.69) is 5.32 Å². The number of carbonyl (C=O) groups is 2. The summed E-state index contributed by atoms with van der Waals surface area (Å²) in [5.41, 5.74) is 0. The average Bonchev–Trinajstić information content (AvgIpc) is 2.37. The molecular formula is C11H17F3N2O4. The predicted octanol–water partition coefficient (Wildman–Crippen LogP) is 0.806. The number of hydrogen-bond donors (Lipinski definition) is 3. The lowest BCUT2D eigenvalue weighted by Gasteiger charge is -2.33. The highest BCUT2D eigenvalue weighted by atomic mass is 19.4. The highest BCUT2D eigenvalue weighted by molar-refractivity contribution is 5.82. The molecule has 1 fully saturated rings. The van der Waals surface area contributed by atoms with Gasteiger partial charge in [-0.25, -0.2) is 9.59 Å². The van der Waals surface area contributed by atoms with Gasteiger partial charge in [0, 0.05) is 26.1 Å². The highest BCUT2D eigenvalue weighted by Gasteiger charge is 2.41. The number of aliphatic hydroxyl groups is 1. The van der Waals surface area contributed by atoms with Gasteiger partial charge in [0.2, 0.25) is 0 Å². The predicted molar refractivity (Wildman–Crippen MR) is 62.0 cm³/mol. The average molecular weight is 298 g/mol. The molecule has 6 nitrogen and oxygen atoms in total. The monoisotopic (exact) mass is 298 g/mol. The van der Waals surface area contributed by atoms with Crippen LogP contribution in [-0.2, 0) is 4.79 Å². The van der Waals surface area contributed by atoms with E-state index in [-0.39, 0.29) is 32.4 Å². The minimum absolute atomic E-state index is 0.0680. The normalized spacial score (nSPS) is 18.7. The summed E-state index contributed by atoms with van der Waals surface area (Å²) in [5.74, 6) is -2.71. The van der Waals surface area contributed by atoms with Crippen molar-refractivity contribution in [1.82, 2.24) is 10.2 Å². The lowest BCUT2D eigenvalue weighted by atomic mass is 9.96. The van der Waals surface area contributed by atoms with Crippen LogP contribution in [-0.4, -0.2) is 59.0 Å². The zero-order valence-corrected chi connectivity index (χ0v) is 10.7. The second-order valence-corrected chi connectivity index (χ2v) is 4.66. The molecule has 1 aliphatic heterocycles. The third kappa shape index (κ3) is 4.55. The summed E-state index contributed by atoms with van der Waals surface area (Å²) in [4.78, 5) is 23.7. The van der Waals surface area contributed by atoms with Gasteiger partial charge in [0.15, 0.2) is 0 Å². The quantitative estimate of drug-likeness (QED) is 0.716. The maximum Gasteiger partial charge on any atom is 0.391 e. The maximum atomic E-state index is 12.5. The van der Waals surface area contributed by atoms with E-state index in [4.69, 9.17) is 10.2 Å². The first-order valence-electron chi connectivity index (χ1n) is 6.21. The summed E-state index contributed by atoms with van der Waals surface area (Å²) in [5, 5.41) is 19.7. The number of carboxylic acids is 1. The molecule has 0 aromatic heterocycles. The van der Waals surface area contributed by atoms with E-state index in [1.807, 2.05) is 0 Å². The third-order valence-corrected chi connectivity index (χ3v) is 3.26. The van der Waals surface area contributed by atoms with Crippen molar-refractivity contribution in [3.63, 3.8) is 0 Å². The minimum atomic E-state index is -4.26. The van der Waals surface area contributed by atoms with Crippen molar-refractivity contribution in [2.75, 3.05) is 19.7 Å². The van der Waals surface area contributed by atoms with Crippen molar-refractivity contribution in [2.24, 2.45) is 5.92 Å². The Balaban J connectivity index is 2.48. The lowest BCUT2D eigenvalue weighted by Crippen LogP contribution is -2.51. The van der Waals surface area contributed by atoms with Crippen LogP contribution < -0.4 is 5.32 Å². The van der Waals surface area contributed by atoms with Gasteiger partial charge < -0.3 is 20.4 Å². The molecular weight excluding hydrogens is 281 g/mol. The number of hydrogen-bond acceptors (Lipinski definition) is 3. The van der Waals surface area contributed by atoms with E-state index in [9.17, 15) is 22.8 Å². The summed E-state index contributed by atoms with van der Waals surface area (Å²) < 4.78 is 37.4. The van der Waals surface area contributed by atoms with E-state index < -0.39 is 36.7 Å². The molecule has 1 atom stereocenters. The molecule has 0 aromatic carbocycles. The number of carboxylic acid groups (broad SMARTS) is 1. The minimum Gasteiger partial charge on any atom is -0.480 e. The Morgan fingerprint density at radius 1 is 1.30 bits per heavy atom.